The largest absolute Gasteiger partial charge is 0.493 e. The molecule has 3 aromatic rings. The third-order valence-corrected chi connectivity index (χ3v) is 6.75. The summed E-state index contributed by atoms with van der Waals surface area (Å²) in [6.07, 6.45) is 1.59. The van der Waals surface area contributed by atoms with E-state index in [1.54, 1.807) is 24.3 Å². The van der Waals surface area contributed by atoms with Crippen LogP contribution < -0.4 is 24.3 Å². The van der Waals surface area contributed by atoms with E-state index >= 15 is 0 Å². The molecule has 3 amide bonds. The Morgan fingerprint density at radius 1 is 0.897 bits per heavy atom. The number of thioether (sulfide) groups is 1. The number of imide groups is 1. The number of hydrogen-bond acceptors (Lipinski definition) is 8. The number of benzene rings is 3. The molecule has 0 unspecified atom stereocenters. The van der Waals surface area contributed by atoms with Gasteiger partial charge in [-0.15, -0.1) is 0 Å². The van der Waals surface area contributed by atoms with E-state index in [0.29, 0.717) is 28.6 Å². The molecule has 4 rings (SSSR count). The van der Waals surface area contributed by atoms with Crippen LogP contribution in [0.4, 0.5) is 4.79 Å². The van der Waals surface area contributed by atoms with E-state index in [1.165, 1.54) is 21.3 Å². The van der Waals surface area contributed by atoms with Gasteiger partial charge in [0, 0.05) is 18.7 Å². The van der Waals surface area contributed by atoms with Crippen LogP contribution in [0.2, 0.25) is 0 Å². The normalized spacial score (nSPS) is 13.9. The van der Waals surface area contributed by atoms with Gasteiger partial charge in [0.2, 0.25) is 5.75 Å². The van der Waals surface area contributed by atoms with E-state index in [-0.39, 0.29) is 30.5 Å². The number of nitrogens with zero attached hydrogens (tertiary/aromatic N) is 1. The third-order valence-electron chi connectivity index (χ3n) is 5.85. The summed E-state index contributed by atoms with van der Waals surface area (Å²) in [7, 11) is 4.49. The molecule has 1 heterocycles. The Hall–Kier alpha value is -4.44. The molecule has 0 radical (unpaired) electrons. The number of carbonyl (C=O) groups excluding carboxylic acids is 3. The molecule has 9 nitrogen and oxygen atoms in total. The molecule has 1 aliphatic rings. The van der Waals surface area contributed by atoms with Crippen molar-refractivity contribution in [2.75, 3.05) is 41.0 Å². The SMILES string of the molecule is COc1cc(/C=C2/SC(=O)N(CCNC(=O)COc3ccccc3-c3ccccc3)C2=O)cc(OC)c1OC. The molecular weight excluding hydrogens is 520 g/mol. The van der Waals surface area contributed by atoms with E-state index in [1.807, 2.05) is 48.5 Å². The van der Waals surface area contributed by atoms with Gasteiger partial charge in [-0.05, 0) is 47.2 Å². The third kappa shape index (κ3) is 6.53. The average Bonchev–Trinajstić information content (AvgIpc) is 3.23. The first kappa shape index (κ1) is 27.6. The Bertz CT molecular complexity index is 1370. The summed E-state index contributed by atoms with van der Waals surface area (Å²) in [6, 6.07) is 20.6. The minimum absolute atomic E-state index is 0.0314. The van der Waals surface area contributed by atoms with E-state index in [9.17, 15) is 14.4 Å². The molecule has 10 heteroatoms. The Morgan fingerprint density at radius 2 is 1.56 bits per heavy atom. The van der Waals surface area contributed by atoms with Crippen LogP contribution in [0.25, 0.3) is 17.2 Å². The number of methoxy groups -OCH3 is 3. The van der Waals surface area contributed by atoms with Crippen LogP contribution in [-0.2, 0) is 9.59 Å². The zero-order valence-electron chi connectivity index (χ0n) is 21.8. The number of amides is 3. The quantitative estimate of drug-likeness (QED) is 0.347. The summed E-state index contributed by atoms with van der Waals surface area (Å²) in [5, 5.41) is 2.29. The smallest absolute Gasteiger partial charge is 0.293 e. The molecule has 202 valence electrons. The van der Waals surface area contributed by atoms with Crippen LogP contribution in [0.1, 0.15) is 5.56 Å². The maximum Gasteiger partial charge on any atom is 0.293 e. The maximum absolute atomic E-state index is 12.9. The second-order valence-corrected chi connectivity index (χ2v) is 9.29. The van der Waals surface area contributed by atoms with Gasteiger partial charge in [0.05, 0.1) is 26.2 Å². The highest BCUT2D eigenvalue weighted by Crippen LogP contribution is 2.40. The monoisotopic (exact) mass is 548 g/mol. The fourth-order valence-electron chi connectivity index (χ4n) is 3.98. The van der Waals surface area contributed by atoms with Gasteiger partial charge in [0.15, 0.2) is 18.1 Å². The second-order valence-electron chi connectivity index (χ2n) is 8.29. The molecule has 3 aromatic carbocycles. The van der Waals surface area contributed by atoms with E-state index in [0.717, 1.165) is 27.8 Å². The number of nitrogens with one attached hydrogen (secondary N) is 1. The van der Waals surface area contributed by atoms with E-state index in [2.05, 4.69) is 5.32 Å². The van der Waals surface area contributed by atoms with Gasteiger partial charge in [-0.1, -0.05) is 48.5 Å². The van der Waals surface area contributed by atoms with Crippen molar-refractivity contribution < 1.29 is 33.3 Å². The molecule has 0 aliphatic carbocycles. The molecule has 39 heavy (non-hydrogen) atoms. The molecule has 0 spiro atoms. The van der Waals surface area contributed by atoms with Gasteiger partial charge in [-0.2, -0.15) is 0 Å². The Kier molecular flexibility index (Phi) is 9.11. The summed E-state index contributed by atoms with van der Waals surface area (Å²) >= 11 is 0.828. The zero-order valence-corrected chi connectivity index (χ0v) is 22.6. The van der Waals surface area contributed by atoms with Crippen LogP contribution in [-0.4, -0.2) is 63.0 Å². The van der Waals surface area contributed by atoms with Crippen molar-refractivity contribution in [2.24, 2.45) is 0 Å². The first-order valence-corrected chi connectivity index (χ1v) is 12.9. The van der Waals surface area contributed by atoms with Crippen molar-refractivity contribution in [3.05, 3.63) is 77.2 Å². The van der Waals surface area contributed by atoms with Crippen LogP contribution in [0.15, 0.2) is 71.6 Å². The highest BCUT2D eigenvalue weighted by molar-refractivity contribution is 8.18. The van der Waals surface area contributed by atoms with E-state index in [4.69, 9.17) is 18.9 Å². The van der Waals surface area contributed by atoms with Gasteiger partial charge < -0.3 is 24.3 Å². The zero-order chi connectivity index (χ0) is 27.8. The lowest BCUT2D eigenvalue weighted by molar-refractivity contribution is -0.125. The molecule has 0 aromatic heterocycles. The van der Waals surface area contributed by atoms with Crippen molar-refractivity contribution in [1.82, 2.24) is 10.2 Å². The van der Waals surface area contributed by atoms with Gasteiger partial charge >= 0.3 is 0 Å². The first-order valence-electron chi connectivity index (χ1n) is 12.0. The lowest BCUT2D eigenvalue weighted by Gasteiger charge is -2.14. The van der Waals surface area contributed by atoms with Crippen LogP contribution in [0.3, 0.4) is 0 Å². The highest BCUT2D eigenvalue weighted by atomic mass is 32.2. The topological polar surface area (TPSA) is 103 Å². The van der Waals surface area contributed by atoms with Crippen molar-refractivity contribution in [1.29, 1.82) is 0 Å². The van der Waals surface area contributed by atoms with Crippen LogP contribution >= 0.6 is 11.8 Å². The number of para-hydroxylation sites is 1. The molecule has 0 atom stereocenters. The van der Waals surface area contributed by atoms with Crippen molar-refractivity contribution in [2.45, 2.75) is 0 Å². The minimum Gasteiger partial charge on any atom is -0.493 e. The number of hydrogen-bond donors (Lipinski definition) is 1. The molecule has 1 N–H and O–H groups in total. The van der Waals surface area contributed by atoms with Gasteiger partial charge in [-0.3, -0.25) is 19.3 Å². The van der Waals surface area contributed by atoms with Gasteiger partial charge in [0.25, 0.3) is 17.1 Å². The number of ether oxygens (including phenoxy) is 4. The number of rotatable bonds is 11. The van der Waals surface area contributed by atoms with Crippen molar-refractivity contribution >= 4 is 34.9 Å². The summed E-state index contributed by atoms with van der Waals surface area (Å²) in [6.45, 7) is -0.0750. The van der Waals surface area contributed by atoms with Crippen LogP contribution in [0.5, 0.6) is 23.0 Å². The predicted molar refractivity (Wildman–Crippen MR) is 149 cm³/mol. The maximum atomic E-state index is 12.9. The molecule has 1 aliphatic heterocycles. The van der Waals surface area contributed by atoms with Gasteiger partial charge in [0.1, 0.15) is 5.75 Å². The lowest BCUT2D eigenvalue weighted by Crippen LogP contribution is -2.38. The summed E-state index contributed by atoms with van der Waals surface area (Å²) < 4.78 is 21.8. The Labute approximate surface area is 230 Å². The molecule has 0 saturated carbocycles. The first-order chi connectivity index (χ1) is 18.9. The van der Waals surface area contributed by atoms with Gasteiger partial charge in [-0.25, -0.2) is 0 Å². The molecule has 1 saturated heterocycles. The average molecular weight is 549 g/mol. The predicted octanol–water partition coefficient (Wildman–Crippen LogP) is 4.61. The fraction of sp³-hybridized carbons (Fsp3) is 0.207. The summed E-state index contributed by atoms with van der Waals surface area (Å²) in [4.78, 5) is 39.2. The van der Waals surface area contributed by atoms with Crippen molar-refractivity contribution in [3.63, 3.8) is 0 Å². The highest BCUT2D eigenvalue weighted by Gasteiger charge is 2.34. The molecule has 0 bridgehead atoms. The Morgan fingerprint density at radius 3 is 2.23 bits per heavy atom. The minimum atomic E-state index is -0.443. The van der Waals surface area contributed by atoms with Crippen molar-refractivity contribution in [3.8, 4) is 34.1 Å². The standard InChI is InChI=1S/C29H28N2O7S/c1-35-23-15-19(16-24(36-2)27(23)37-3)17-25-28(33)31(29(34)39-25)14-13-30-26(32)18-38-22-12-8-7-11-21(22)20-9-5-4-6-10-20/h4-12,15-17H,13-14,18H2,1-3H3,(H,30,32)/b25-17+. The Balaban J connectivity index is 1.33. The molecule has 1 fully saturated rings. The summed E-state index contributed by atoms with van der Waals surface area (Å²) in [5.41, 5.74) is 2.46. The molecular formula is C29H28N2O7S. The summed E-state index contributed by atoms with van der Waals surface area (Å²) in [5.74, 6) is 1.06. The number of carbonyl (C=O) groups is 3. The fourth-order valence-corrected chi connectivity index (χ4v) is 4.84. The van der Waals surface area contributed by atoms with E-state index < -0.39 is 11.1 Å². The lowest BCUT2D eigenvalue weighted by atomic mass is 10.1. The van der Waals surface area contributed by atoms with Crippen LogP contribution in [0, 0.1) is 0 Å². The second kappa shape index (κ2) is 12.9.